The van der Waals surface area contributed by atoms with Gasteiger partial charge in [0, 0.05) is 24.0 Å². The highest BCUT2D eigenvalue weighted by molar-refractivity contribution is 5.80. The Kier molecular flexibility index (Phi) is 9.65. The van der Waals surface area contributed by atoms with Crippen LogP contribution in [-0.2, 0) is 6.54 Å². The zero-order valence-electron chi connectivity index (χ0n) is 31.8. The van der Waals surface area contributed by atoms with Gasteiger partial charge in [0.05, 0.1) is 17.5 Å². The largest absolute Gasteiger partial charge is 0.439 e. The van der Waals surface area contributed by atoms with Crippen molar-refractivity contribution in [3.63, 3.8) is 0 Å². The van der Waals surface area contributed by atoms with E-state index < -0.39 is 0 Å². The number of fused-ring (bicyclic) bond motifs is 2. The Labute approximate surface area is 329 Å². The maximum absolute atomic E-state index is 6.53. The molecule has 274 valence electrons. The zero-order valence-corrected chi connectivity index (χ0v) is 31.8. The number of hydrogen-bond donors (Lipinski definition) is 0. The molecule has 0 amide bonds. The summed E-state index contributed by atoms with van der Waals surface area (Å²) in [5, 5.41) is 0. The number of allylic oxidation sites excluding steroid dienone is 5. The molecule has 0 unspecified atom stereocenters. The Balaban J connectivity index is 1.13. The molecular formula is C51H44N3O2+. The Bertz CT molecular complexity index is 2580. The number of ether oxygens (including phenoxy) is 1. The van der Waals surface area contributed by atoms with E-state index in [0.717, 1.165) is 71.6 Å². The number of aryl methyl sites for hydroxylation is 1. The third kappa shape index (κ3) is 6.73. The fourth-order valence-electron chi connectivity index (χ4n) is 7.95. The Morgan fingerprint density at radius 2 is 1.23 bits per heavy atom. The molecule has 0 saturated heterocycles. The van der Waals surface area contributed by atoms with Crippen molar-refractivity contribution in [2.24, 2.45) is 0 Å². The number of rotatable bonds is 10. The molecule has 5 heteroatoms. The lowest BCUT2D eigenvalue weighted by molar-refractivity contribution is -0.674. The molecule has 5 nitrogen and oxygen atoms in total. The SMILES string of the molecule is CCN1C(=CC=C2CCC(C=Cc3oc4ccc(-c5ccccc5)cc4[n+]3CC)=C2N(c2ccccc2)c2ccccc2)Oc2ccc(-c3ccccc3)cc21. The van der Waals surface area contributed by atoms with E-state index in [1.165, 1.54) is 39.1 Å². The van der Waals surface area contributed by atoms with Gasteiger partial charge in [-0.05, 0) is 115 Å². The standard InChI is InChI=1S/C51H44N3O2/c1-3-52-45-35-41(37-17-9-5-10-18-37)27-31-47(45)55-49(52)33-29-39-25-26-40(51(39)54(43-21-13-7-14-22-43)44-23-15-8-16-24-44)30-34-50-53(4-2)46-36-42(28-32-48(46)56-50)38-19-11-6-12-20-38/h5-24,27-36H,3-4,25-26H2,1-2H3/q+1. The molecular weight excluding hydrogens is 687 g/mol. The predicted molar refractivity (Wildman–Crippen MR) is 230 cm³/mol. The number of oxazole rings is 1. The summed E-state index contributed by atoms with van der Waals surface area (Å²) < 4.78 is 15.3. The number of aromatic nitrogens is 1. The summed E-state index contributed by atoms with van der Waals surface area (Å²) in [6, 6.07) is 55.3. The Morgan fingerprint density at radius 1 is 0.625 bits per heavy atom. The molecule has 0 atom stereocenters. The van der Waals surface area contributed by atoms with Crippen molar-refractivity contribution >= 4 is 34.2 Å². The van der Waals surface area contributed by atoms with Crippen molar-refractivity contribution in [3.8, 4) is 28.0 Å². The second kappa shape index (κ2) is 15.5. The van der Waals surface area contributed by atoms with E-state index in [4.69, 9.17) is 9.15 Å². The number of anilines is 3. The fraction of sp³-hybridized carbons (Fsp3) is 0.118. The highest BCUT2D eigenvalue weighted by Gasteiger charge is 2.29. The van der Waals surface area contributed by atoms with E-state index >= 15 is 0 Å². The summed E-state index contributed by atoms with van der Waals surface area (Å²) in [5.74, 6) is 2.54. The Hall–Kier alpha value is -6.85. The molecule has 1 aliphatic carbocycles. The molecule has 1 aliphatic heterocycles. The summed E-state index contributed by atoms with van der Waals surface area (Å²) in [6.45, 7) is 5.93. The molecule has 1 aromatic heterocycles. The molecule has 7 aromatic rings. The van der Waals surface area contributed by atoms with E-state index in [1.54, 1.807) is 0 Å². The molecule has 6 aromatic carbocycles. The summed E-state index contributed by atoms with van der Waals surface area (Å²) >= 11 is 0. The summed E-state index contributed by atoms with van der Waals surface area (Å²) in [7, 11) is 0. The molecule has 0 saturated carbocycles. The summed E-state index contributed by atoms with van der Waals surface area (Å²) in [5.41, 5.74) is 13.7. The minimum atomic E-state index is 0.791. The molecule has 2 aliphatic rings. The van der Waals surface area contributed by atoms with Crippen LogP contribution in [0.15, 0.2) is 203 Å². The van der Waals surface area contributed by atoms with Gasteiger partial charge in [-0.25, -0.2) is 0 Å². The highest BCUT2D eigenvalue weighted by atomic mass is 16.5. The van der Waals surface area contributed by atoms with Crippen molar-refractivity contribution in [3.05, 3.63) is 205 Å². The van der Waals surface area contributed by atoms with Crippen molar-refractivity contribution in [2.75, 3.05) is 16.3 Å². The van der Waals surface area contributed by atoms with Crippen LogP contribution in [0.1, 0.15) is 32.6 Å². The second-order valence-corrected chi connectivity index (χ2v) is 14.0. The van der Waals surface area contributed by atoms with Crippen LogP contribution in [0.2, 0.25) is 0 Å². The molecule has 56 heavy (non-hydrogen) atoms. The molecule has 9 rings (SSSR count). The van der Waals surface area contributed by atoms with Crippen LogP contribution < -0.4 is 19.1 Å². The van der Waals surface area contributed by atoms with Crippen LogP contribution >= 0.6 is 0 Å². The van der Waals surface area contributed by atoms with Gasteiger partial charge in [0.15, 0.2) is 5.75 Å². The first kappa shape index (κ1) is 34.9. The van der Waals surface area contributed by atoms with Gasteiger partial charge in [0.2, 0.25) is 11.5 Å². The molecule has 0 fully saturated rings. The highest BCUT2D eigenvalue weighted by Crippen LogP contribution is 2.44. The van der Waals surface area contributed by atoms with Gasteiger partial charge in [-0.3, -0.25) is 0 Å². The summed E-state index contributed by atoms with van der Waals surface area (Å²) in [6.07, 6.45) is 10.6. The average molecular weight is 731 g/mol. The van der Waals surface area contributed by atoms with Crippen LogP contribution in [0.25, 0.3) is 39.4 Å². The fourth-order valence-corrected chi connectivity index (χ4v) is 7.95. The molecule has 0 N–H and O–H groups in total. The smallest absolute Gasteiger partial charge is 0.374 e. The van der Waals surface area contributed by atoms with E-state index in [-0.39, 0.29) is 0 Å². The molecule has 0 radical (unpaired) electrons. The van der Waals surface area contributed by atoms with Gasteiger partial charge < -0.3 is 19.0 Å². The van der Waals surface area contributed by atoms with Crippen LogP contribution in [0.5, 0.6) is 5.75 Å². The van der Waals surface area contributed by atoms with Crippen LogP contribution in [-0.4, -0.2) is 6.54 Å². The molecule has 0 spiro atoms. The lowest BCUT2D eigenvalue weighted by Crippen LogP contribution is -2.33. The molecule has 0 bridgehead atoms. The van der Waals surface area contributed by atoms with Crippen molar-refractivity contribution < 1.29 is 13.7 Å². The Morgan fingerprint density at radius 3 is 1.86 bits per heavy atom. The van der Waals surface area contributed by atoms with Crippen molar-refractivity contribution in [1.29, 1.82) is 0 Å². The third-order valence-electron chi connectivity index (χ3n) is 10.7. The van der Waals surface area contributed by atoms with E-state index in [0.29, 0.717) is 0 Å². The maximum Gasteiger partial charge on any atom is 0.374 e. The second-order valence-electron chi connectivity index (χ2n) is 14.0. The van der Waals surface area contributed by atoms with Gasteiger partial charge in [0.25, 0.3) is 5.52 Å². The first-order chi connectivity index (χ1) is 27.7. The van der Waals surface area contributed by atoms with E-state index in [9.17, 15) is 0 Å². The van der Waals surface area contributed by atoms with E-state index in [1.807, 2.05) is 0 Å². The minimum absolute atomic E-state index is 0.791. The third-order valence-corrected chi connectivity index (χ3v) is 10.7. The maximum atomic E-state index is 6.53. The average Bonchev–Trinajstić information content (AvgIpc) is 3.95. The van der Waals surface area contributed by atoms with Gasteiger partial charge in [-0.15, -0.1) is 0 Å². The number of hydrogen-bond acceptors (Lipinski definition) is 4. The van der Waals surface area contributed by atoms with Gasteiger partial charge in [-0.1, -0.05) is 115 Å². The lowest BCUT2D eigenvalue weighted by Gasteiger charge is -2.28. The van der Waals surface area contributed by atoms with Crippen LogP contribution in [0, 0.1) is 0 Å². The van der Waals surface area contributed by atoms with Gasteiger partial charge in [0.1, 0.15) is 6.54 Å². The zero-order chi connectivity index (χ0) is 37.8. The van der Waals surface area contributed by atoms with E-state index in [2.05, 4.69) is 210 Å². The van der Waals surface area contributed by atoms with Crippen LogP contribution in [0.3, 0.4) is 0 Å². The van der Waals surface area contributed by atoms with Gasteiger partial charge in [-0.2, -0.15) is 4.57 Å². The van der Waals surface area contributed by atoms with Gasteiger partial charge >= 0.3 is 5.89 Å². The summed E-state index contributed by atoms with van der Waals surface area (Å²) in [4.78, 5) is 4.65. The number of benzene rings is 6. The first-order valence-corrected chi connectivity index (χ1v) is 19.6. The lowest BCUT2D eigenvalue weighted by atomic mass is 10.0. The normalized spacial score (nSPS) is 15.4. The minimum Gasteiger partial charge on any atom is -0.439 e. The van der Waals surface area contributed by atoms with Crippen LogP contribution in [0.4, 0.5) is 17.1 Å². The predicted octanol–water partition coefficient (Wildman–Crippen LogP) is 12.7. The quantitative estimate of drug-likeness (QED) is 0.131. The van der Waals surface area contributed by atoms with Crippen molar-refractivity contribution in [1.82, 2.24) is 0 Å². The number of nitrogens with zero attached hydrogens (tertiary/aromatic N) is 3. The first-order valence-electron chi connectivity index (χ1n) is 19.6. The number of para-hydroxylation sites is 2. The monoisotopic (exact) mass is 730 g/mol. The topological polar surface area (TPSA) is 32.7 Å². The van der Waals surface area contributed by atoms with Crippen molar-refractivity contribution in [2.45, 2.75) is 33.2 Å². The molecule has 2 heterocycles.